The SMILES string of the molecule is NCC(F)(F)CNC(=O)C1(c2ccc(Br)cc2)CCCC1. The maximum absolute atomic E-state index is 13.2. The Morgan fingerprint density at radius 2 is 1.86 bits per heavy atom. The summed E-state index contributed by atoms with van der Waals surface area (Å²) in [6.45, 7) is -1.47. The molecule has 0 heterocycles. The smallest absolute Gasteiger partial charge is 0.277 e. The molecule has 1 aliphatic carbocycles. The summed E-state index contributed by atoms with van der Waals surface area (Å²) >= 11 is 3.36. The summed E-state index contributed by atoms with van der Waals surface area (Å²) < 4.78 is 27.4. The zero-order chi connectivity index (χ0) is 15.5. The fourth-order valence-electron chi connectivity index (χ4n) is 2.85. The van der Waals surface area contributed by atoms with Gasteiger partial charge in [-0.1, -0.05) is 40.9 Å². The van der Waals surface area contributed by atoms with Crippen LogP contribution in [0.2, 0.25) is 0 Å². The van der Waals surface area contributed by atoms with E-state index in [1.807, 2.05) is 24.3 Å². The molecule has 0 atom stereocenters. The van der Waals surface area contributed by atoms with Crippen molar-refractivity contribution in [2.24, 2.45) is 5.73 Å². The molecule has 1 aromatic carbocycles. The lowest BCUT2D eigenvalue weighted by atomic mass is 9.78. The first-order valence-corrected chi connectivity index (χ1v) is 7.81. The summed E-state index contributed by atoms with van der Waals surface area (Å²) in [6.07, 6.45) is 3.23. The molecule has 3 nitrogen and oxygen atoms in total. The van der Waals surface area contributed by atoms with E-state index in [0.717, 1.165) is 22.9 Å². The van der Waals surface area contributed by atoms with Gasteiger partial charge in [-0.05, 0) is 30.5 Å². The van der Waals surface area contributed by atoms with Gasteiger partial charge in [0, 0.05) is 4.47 Å². The number of benzene rings is 1. The Kier molecular flexibility index (Phi) is 4.99. The van der Waals surface area contributed by atoms with Crippen LogP contribution >= 0.6 is 15.9 Å². The molecule has 0 unspecified atom stereocenters. The van der Waals surface area contributed by atoms with Gasteiger partial charge in [-0.2, -0.15) is 0 Å². The van der Waals surface area contributed by atoms with E-state index >= 15 is 0 Å². The molecule has 0 bridgehead atoms. The number of nitrogens with one attached hydrogen (secondary N) is 1. The highest BCUT2D eigenvalue weighted by Gasteiger charge is 2.43. The molecule has 0 spiro atoms. The molecule has 0 aliphatic heterocycles. The van der Waals surface area contributed by atoms with Crippen LogP contribution in [0.5, 0.6) is 0 Å². The molecular weight excluding hydrogens is 342 g/mol. The predicted molar refractivity (Wildman–Crippen MR) is 81.3 cm³/mol. The van der Waals surface area contributed by atoms with Crippen molar-refractivity contribution < 1.29 is 13.6 Å². The second-order valence-corrected chi connectivity index (χ2v) is 6.45. The Morgan fingerprint density at radius 1 is 1.29 bits per heavy atom. The summed E-state index contributed by atoms with van der Waals surface area (Å²) in [7, 11) is 0. The molecule has 1 aliphatic rings. The van der Waals surface area contributed by atoms with Crippen molar-refractivity contribution in [3.8, 4) is 0 Å². The summed E-state index contributed by atoms with van der Waals surface area (Å²) in [4.78, 5) is 12.5. The fourth-order valence-corrected chi connectivity index (χ4v) is 3.11. The van der Waals surface area contributed by atoms with E-state index in [-0.39, 0.29) is 5.91 Å². The monoisotopic (exact) mass is 360 g/mol. The minimum Gasteiger partial charge on any atom is -0.349 e. The molecule has 1 saturated carbocycles. The van der Waals surface area contributed by atoms with Crippen LogP contribution in [0.1, 0.15) is 31.2 Å². The molecule has 0 saturated heterocycles. The Morgan fingerprint density at radius 3 is 2.38 bits per heavy atom. The van der Waals surface area contributed by atoms with E-state index in [9.17, 15) is 13.6 Å². The lowest BCUT2D eigenvalue weighted by molar-refractivity contribution is -0.128. The molecule has 1 aromatic rings. The van der Waals surface area contributed by atoms with Gasteiger partial charge in [0.2, 0.25) is 5.91 Å². The summed E-state index contributed by atoms with van der Waals surface area (Å²) in [5.41, 5.74) is 5.20. The van der Waals surface area contributed by atoms with Gasteiger partial charge in [0.05, 0.1) is 18.5 Å². The maximum Gasteiger partial charge on any atom is 0.277 e. The second kappa shape index (κ2) is 6.40. The van der Waals surface area contributed by atoms with Crippen LogP contribution in [0, 0.1) is 0 Å². The Hall–Kier alpha value is -1.01. The van der Waals surface area contributed by atoms with Crippen LogP contribution < -0.4 is 11.1 Å². The number of amides is 1. The third kappa shape index (κ3) is 3.61. The standard InChI is InChI=1S/C15H19BrF2N2O/c16-12-5-3-11(4-6-12)14(7-1-2-8-14)13(21)20-10-15(17,18)9-19/h3-6H,1-2,7-10,19H2,(H,20,21). The number of nitrogens with two attached hydrogens (primary N) is 1. The second-order valence-electron chi connectivity index (χ2n) is 5.54. The average molecular weight is 361 g/mol. The first kappa shape index (κ1) is 16.4. The molecule has 0 aromatic heterocycles. The first-order valence-electron chi connectivity index (χ1n) is 7.02. The number of alkyl halides is 2. The third-order valence-corrected chi connectivity index (χ3v) is 4.62. The topological polar surface area (TPSA) is 55.1 Å². The predicted octanol–water partition coefficient (Wildman–Crippen LogP) is 2.97. The van der Waals surface area contributed by atoms with Crippen molar-refractivity contribution in [1.82, 2.24) is 5.32 Å². The van der Waals surface area contributed by atoms with Crippen LogP contribution in [0.15, 0.2) is 28.7 Å². The number of hydrogen-bond donors (Lipinski definition) is 2. The van der Waals surface area contributed by atoms with Gasteiger partial charge < -0.3 is 11.1 Å². The minimum absolute atomic E-state index is 0.324. The van der Waals surface area contributed by atoms with Gasteiger partial charge in [-0.25, -0.2) is 8.78 Å². The van der Waals surface area contributed by atoms with E-state index in [1.54, 1.807) is 0 Å². The summed E-state index contributed by atoms with van der Waals surface area (Å²) in [5, 5.41) is 2.39. The molecule has 3 N–H and O–H groups in total. The van der Waals surface area contributed by atoms with E-state index in [1.165, 1.54) is 0 Å². The van der Waals surface area contributed by atoms with Crippen molar-refractivity contribution in [3.05, 3.63) is 34.3 Å². The van der Waals surface area contributed by atoms with Gasteiger partial charge in [-0.15, -0.1) is 0 Å². The molecule has 21 heavy (non-hydrogen) atoms. The van der Waals surface area contributed by atoms with Crippen molar-refractivity contribution in [1.29, 1.82) is 0 Å². The van der Waals surface area contributed by atoms with Gasteiger partial charge in [0.25, 0.3) is 5.92 Å². The molecule has 6 heteroatoms. The number of carbonyl (C=O) groups excluding carboxylic acids is 1. The largest absolute Gasteiger partial charge is 0.349 e. The number of halogens is 3. The molecule has 2 rings (SSSR count). The maximum atomic E-state index is 13.2. The van der Waals surface area contributed by atoms with E-state index < -0.39 is 24.4 Å². The van der Waals surface area contributed by atoms with Crippen LogP contribution in [-0.4, -0.2) is 24.9 Å². The van der Waals surface area contributed by atoms with E-state index in [0.29, 0.717) is 12.8 Å². The Bertz CT molecular complexity index is 499. The lowest BCUT2D eigenvalue weighted by Crippen LogP contribution is -2.48. The van der Waals surface area contributed by atoms with Crippen LogP contribution in [0.25, 0.3) is 0 Å². The van der Waals surface area contributed by atoms with Crippen LogP contribution in [0.4, 0.5) is 8.78 Å². The highest BCUT2D eigenvalue weighted by Crippen LogP contribution is 2.41. The van der Waals surface area contributed by atoms with Crippen LogP contribution in [0.3, 0.4) is 0 Å². The van der Waals surface area contributed by atoms with Gasteiger partial charge in [-0.3, -0.25) is 4.79 Å². The Labute approximate surface area is 131 Å². The van der Waals surface area contributed by atoms with Gasteiger partial charge >= 0.3 is 0 Å². The summed E-state index contributed by atoms with van der Waals surface area (Å²) in [6, 6.07) is 7.51. The van der Waals surface area contributed by atoms with Crippen molar-refractivity contribution in [3.63, 3.8) is 0 Å². The average Bonchev–Trinajstić information content (AvgIpc) is 2.96. The highest BCUT2D eigenvalue weighted by molar-refractivity contribution is 9.10. The number of hydrogen-bond acceptors (Lipinski definition) is 2. The summed E-state index contributed by atoms with van der Waals surface area (Å²) in [5.74, 6) is -3.38. The molecular formula is C15H19BrF2N2O. The number of carbonyl (C=O) groups is 1. The Balaban J connectivity index is 2.18. The molecule has 1 fully saturated rings. The molecule has 0 radical (unpaired) electrons. The van der Waals surface area contributed by atoms with Crippen molar-refractivity contribution in [2.75, 3.05) is 13.1 Å². The van der Waals surface area contributed by atoms with E-state index in [2.05, 4.69) is 21.2 Å². The van der Waals surface area contributed by atoms with Crippen molar-refractivity contribution in [2.45, 2.75) is 37.0 Å². The van der Waals surface area contributed by atoms with E-state index in [4.69, 9.17) is 5.73 Å². The van der Waals surface area contributed by atoms with Crippen molar-refractivity contribution >= 4 is 21.8 Å². The first-order chi connectivity index (χ1) is 9.89. The quantitative estimate of drug-likeness (QED) is 0.847. The fraction of sp³-hybridized carbons (Fsp3) is 0.533. The van der Waals surface area contributed by atoms with Gasteiger partial charge in [0.1, 0.15) is 0 Å². The van der Waals surface area contributed by atoms with Gasteiger partial charge in [0.15, 0.2) is 0 Å². The number of rotatable bonds is 5. The lowest BCUT2D eigenvalue weighted by Gasteiger charge is -2.29. The molecule has 116 valence electrons. The third-order valence-electron chi connectivity index (χ3n) is 4.09. The van der Waals surface area contributed by atoms with Crippen LogP contribution in [-0.2, 0) is 10.2 Å². The zero-order valence-corrected chi connectivity index (χ0v) is 13.3. The normalized spacial score (nSPS) is 17.7. The zero-order valence-electron chi connectivity index (χ0n) is 11.7. The minimum atomic E-state index is -3.06. The molecule has 1 amide bonds. The highest BCUT2D eigenvalue weighted by atomic mass is 79.9.